The summed E-state index contributed by atoms with van der Waals surface area (Å²) >= 11 is 0. The van der Waals surface area contributed by atoms with Crippen LogP contribution in [0, 0.1) is 0 Å². The highest BCUT2D eigenvalue weighted by Crippen LogP contribution is 2.33. The number of ether oxygens (including phenoxy) is 2. The third-order valence-corrected chi connectivity index (χ3v) is 7.96. The maximum atomic E-state index is 13.3. The number of rotatable bonds is 9. The maximum Gasteiger partial charge on any atom is 0.333 e. The Kier molecular flexibility index (Phi) is 8.51. The molecule has 0 amide bonds. The maximum absolute atomic E-state index is 13.3. The van der Waals surface area contributed by atoms with Crippen LogP contribution < -0.4 is 10.4 Å². The molecule has 3 aromatic carbocycles. The molecular formula is C33H37N3O4. The average molecular weight is 540 g/mol. The van der Waals surface area contributed by atoms with Gasteiger partial charge in [0.1, 0.15) is 11.8 Å². The zero-order valence-electron chi connectivity index (χ0n) is 23.4. The van der Waals surface area contributed by atoms with Crippen LogP contribution in [0.4, 0.5) is 0 Å². The molecule has 1 aromatic heterocycles. The SMILES string of the molecule is CCOC(=O)C(c1ccccc1)N1CCC(c2ccc(-n3ccn([C@H](C)c4cccc(OC)c4)c3=O)cc2)CC1. The highest BCUT2D eigenvalue weighted by molar-refractivity contribution is 5.77. The largest absolute Gasteiger partial charge is 0.497 e. The van der Waals surface area contributed by atoms with Crippen molar-refractivity contribution in [2.75, 3.05) is 26.8 Å². The monoisotopic (exact) mass is 539 g/mol. The van der Waals surface area contributed by atoms with E-state index < -0.39 is 0 Å². The molecule has 4 aromatic rings. The van der Waals surface area contributed by atoms with Gasteiger partial charge in [-0.1, -0.05) is 54.6 Å². The Labute approximate surface area is 235 Å². The number of esters is 1. The standard InChI is InChI=1S/C33H37N3O4/c1-4-40-32(37)31(27-9-6-5-7-10-27)34-19-17-26(18-20-34)25-13-15-29(16-14-25)36-22-21-35(33(36)38)24(2)28-11-8-12-30(23-28)39-3/h5-16,21-24,26,31H,4,17-20H2,1-3H3/t24-,31?/m1/s1. The minimum absolute atomic E-state index is 0.0812. The Morgan fingerprint density at radius 1 is 0.925 bits per heavy atom. The van der Waals surface area contributed by atoms with Crippen LogP contribution in [0.15, 0.2) is 96.1 Å². The first kappa shape index (κ1) is 27.5. The van der Waals surface area contributed by atoms with E-state index in [2.05, 4.69) is 17.0 Å². The Bertz CT molecular complexity index is 1470. The lowest BCUT2D eigenvalue weighted by molar-refractivity contribution is -0.150. The van der Waals surface area contributed by atoms with E-state index in [1.807, 2.05) is 93.0 Å². The van der Waals surface area contributed by atoms with E-state index in [1.165, 1.54) is 5.56 Å². The number of nitrogens with zero attached hydrogens (tertiary/aromatic N) is 3. The molecular weight excluding hydrogens is 502 g/mol. The molecule has 2 heterocycles. The number of aromatic nitrogens is 2. The molecule has 7 nitrogen and oxygen atoms in total. The van der Waals surface area contributed by atoms with Gasteiger partial charge in [-0.25, -0.2) is 9.59 Å². The van der Waals surface area contributed by atoms with Gasteiger partial charge in [-0.05, 0) is 86.7 Å². The molecule has 2 atom stereocenters. The Balaban J connectivity index is 1.27. The summed E-state index contributed by atoms with van der Waals surface area (Å²) < 4.78 is 14.2. The number of benzene rings is 3. The Morgan fingerprint density at radius 3 is 2.30 bits per heavy atom. The van der Waals surface area contributed by atoms with Crippen molar-refractivity contribution in [3.05, 3.63) is 118 Å². The summed E-state index contributed by atoms with van der Waals surface area (Å²) in [6.45, 7) is 5.86. The molecule has 1 unspecified atom stereocenters. The van der Waals surface area contributed by atoms with E-state index in [0.29, 0.717) is 12.5 Å². The minimum Gasteiger partial charge on any atom is -0.497 e. The normalized spacial score (nSPS) is 15.9. The highest BCUT2D eigenvalue weighted by atomic mass is 16.5. The van der Waals surface area contributed by atoms with Gasteiger partial charge in [0.2, 0.25) is 0 Å². The Morgan fingerprint density at radius 2 is 1.62 bits per heavy atom. The number of imidazole rings is 1. The summed E-state index contributed by atoms with van der Waals surface area (Å²) in [5, 5.41) is 0. The second-order valence-electron chi connectivity index (χ2n) is 10.3. The number of carbonyl (C=O) groups excluding carboxylic acids is 1. The summed E-state index contributed by atoms with van der Waals surface area (Å²) in [6, 6.07) is 25.5. The van der Waals surface area contributed by atoms with Crippen molar-refractivity contribution in [1.29, 1.82) is 0 Å². The van der Waals surface area contributed by atoms with Crippen molar-refractivity contribution in [3.8, 4) is 11.4 Å². The molecule has 5 rings (SSSR count). The zero-order valence-corrected chi connectivity index (χ0v) is 23.4. The van der Waals surface area contributed by atoms with Crippen molar-refractivity contribution >= 4 is 5.97 Å². The van der Waals surface area contributed by atoms with Gasteiger partial charge >= 0.3 is 11.7 Å². The summed E-state index contributed by atoms with van der Waals surface area (Å²) in [4.78, 5) is 28.4. The summed E-state index contributed by atoms with van der Waals surface area (Å²) in [5.74, 6) is 0.989. The number of piperidine rings is 1. The molecule has 0 radical (unpaired) electrons. The molecule has 0 saturated carbocycles. The van der Waals surface area contributed by atoms with E-state index in [-0.39, 0.29) is 23.7 Å². The average Bonchev–Trinajstić information content (AvgIpc) is 3.39. The second-order valence-corrected chi connectivity index (χ2v) is 10.3. The van der Waals surface area contributed by atoms with E-state index in [0.717, 1.165) is 48.5 Å². The van der Waals surface area contributed by atoms with Gasteiger partial charge in [0.05, 0.1) is 25.4 Å². The van der Waals surface area contributed by atoms with Crippen LogP contribution in [0.2, 0.25) is 0 Å². The van der Waals surface area contributed by atoms with E-state index in [4.69, 9.17) is 9.47 Å². The first-order chi connectivity index (χ1) is 19.5. The van der Waals surface area contributed by atoms with Crippen molar-refractivity contribution in [2.45, 2.75) is 44.7 Å². The van der Waals surface area contributed by atoms with Gasteiger partial charge in [0, 0.05) is 12.4 Å². The Hall–Kier alpha value is -4.10. The predicted octanol–water partition coefficient (Wildman–Crippen LogP) is 5.74. The van der Waals surface area contributed by atoms with Crippen LogP contribution in [-0.2, 0) is 9.53 Å². The van der Waals surface area contributed by atoms with Crippen LogP contribution >= 0.6 is 0 Å². The van der Waals surface area contributed by atoms with Crippen LogP contribution in [0.25, 0.3) is 5.69 Å². The fourth-order valence-electron chi connectivity index (χ4n) is 5.69. The van der Waals surface area contributed by atoms with Crippen LogP contribution in [-0.4, -0.2) is 46.8 Å². The van der Waals surface area contributed by atoms with Crippen molar-refractivity contribution < 1.29 is 14.3 Å². The fourth-order valence-corrected chi connectivity index (χ4v) is 5.69. The van der Waals surface area contributed by atoms with Gasteiger partial charge in [-0.3, -0.25) is 14.0 Å². The molecule has 40 heavy (non-hydrogen) atoms. The summed E-state index contributed by atoms with van der Waals surface area (Å²) in [5.41, 5.74) is 4.00. The molecule has 0 spiro atoms. The summed E-state index contributed by atoms with van der Waals surface area (Å²) in [7, 11) is 1.64. The third kappa shape index (κ3) is 5.75. The zero-order chi connectivity index (χ0) is 28.1. The number of likely N-dealkylation sites (tertiary alicyclic amines) is 1. The van der Waals surface area contributed by atoms with Crippen LogP contribution in [0.3, 0.4) is 0 Å². The first-order valence-corrected chi connectivity index (χ1v) is 14.0. The minimum atomic E-state index is -0.375. The van der Waals surface area contributed by atoms with E-state index >= 15 is 0 Å². The molecule has 0 bridgehead atoms. The van der Waals surface area contributed by atoms with E-state index in [1.54, 1.807) is 16.2 Å². The van der Waals surface area contributed by atoms with Gasteiger partial charge < -0.3 is 9.47 Å². The molecule has 1 aliphatic rings. The topological polar surface area (TPSA) is 65.7 Å². The molecule has 1 saturated heterocycles. The third-order valence-electron chi connectivity index (χ3n) is 7.96. The van der Waals surface area contributed by atoms with Crippen molar-refractivity contribution in [3.63, 3.8) is 0 Å². The molecule has 0 N–H and O–H groups in total. The van der Waals surface area contributed by atoms with Gasteiger partial charge in [-0.2, -0.15) is 0 Å². The van der Waals surface area contributed by atoms with Crippen LogP contribution in [0.1, 0.15) is 61.4 Å². The highest BCUT2D eigenvalue weighted by Gasteiger charge is 2.32. The summed E-state index contributed by atoms with van der Waals surface area (Å²) in [6.07, 6.45) is 5.57. The van der Waals surface area contributed by atoms with Crippen molar-refractivity contribution in [1.82, 2.24) is 14.0 Å². The predicted molar refractivity (Wildman–Crippen MR) is 156 cm³/mol. The number of hydrogen-bond acceptors (Lipinski definition) is 5. The van der Waals surface area contributed by atoms with Gasteiger partial charge in [0.25, 0.3) is 0 Å². The number of methoxy groups -OCH3 is 1. The smallest absolute Gasteiger partial charge is 0.333 e. The number of hydrogen-bond donors (Lipinski definition) is 0. The second kappa shape index (κ2) is 12.4. The number of carbonyl (C=O) groups is 1. The molecule has 7 heteroatoms. The quantitative estimate of drug-likeness (QED) is 0.254. The van der Waals surface area contributed by atoms with Crippen molar-refractivity contribution in [2.24, 2.45) is 0 Å². The molecule has 1 fully saturated rings. The lowest BCUT2D eigenvalue weighted by atomic mass is 9.88. The fraction of sp³-hybridized carbons (Fsp3) is 0.333. The lowest BCUT2D eigenvalue weighted by Crippen LogP contribution is -2.40. The van der Waals surface area contributed by atoms with E-state index in [9.17, 15) is 9.59 Å². The van der Waals surface area contributed by atoms with Gasteiger partial charge in [0.15, 0.2) is 0 Å². The van der Waals surface area contributed by atoms with Crippen LogP contribution in [0.5, 0.6) is 5.75 Å². The van der Waals surface area contributed by atoms with Gasteiger partial charge in [-0.15, -0.1) is 0 Å². The molecule has 0 aliphatic carbocycles. The lowest BCUT2D eigenvalue weighted by Gasteiger charge is -2.36. The molecule has 208 valence electrons. The first-order valence-electron chi connectivity index (χ1n) is 14.0. The molecule has 1 aliphatic heterocycles.